The van der Waals surface area contributed by atoms with Crippen LogP contribution in [0.1, 0.15) is 25.3 Å². The van der Waals surface area contributed by atoms with E-state index >= 15 is 0 Å². The van der Waals surface area contributed by atoms with Crippen molar-refractivity contribution in [2.45, 2.75) is 32.4 Å². The fourth-order valence-corrected chi connectivity index (χ4v) is 3.46. The standard InChI is InChI=1S/C20H29N3O4/c1-15-6-8-23(9-7-15)19(24)14-27-17-4-2-16(3-5-17)12-22-10-11-26-18(13-22)20(21)25/h2-5,15,18H,6-14H2,1H3,(H2,21,25)/t18-/m1/s1. The van der Waals surface area contributed by atoms with Crippen LogP contribution >= 0.6 is 0 Å². The number of rotatable bonds is 6. The zero-order chi connectivity index (χ0) is 19.2. The van der Waals surface area contributed by atoms with Gasteiger partial charge in [0.1, 0.15) is 11.9 Å². The second-order valence-corrected chi connectivity index (χ2v) is 7.49. The number of amides is 2. The summed E-state index contributed by atoms with van der Waals surface area (Å²) >= 11 is 0. The topological polar surface area (TPSA) is 85.1 Å². The highest BCUT2D eigenvalue weighted by atomic mass is 16.5. The third-order valence-electron chi connectivity index (χ3n) is 5.30. The SMILES string of the molecule is CC1CCN(C(=O)COc2ccc(CN3CCO[C@@H](C(N)=O)C3)cc2)CC1. The lowest BCUT2D eigenvalue weighted by atomic mass is 9.99. The van der Waals surface area contributed by atoms with Gasteiger partial charge in [-0.15, -0.1) is 0 Å². The third kappa shape index (κ3) is 5.68. The minimum atomic E-state index is -0.537. The van der Waals surface area contributed by atoms with Gasteiger partial charge in [0, 0.05) is 32.7 Å². The maximum Gasteiger partial charge on any atom is 0.260 e. The predicted octanol–water partition coefficient (Wildman–Crippen LogP) is 1.01. The molecule has 2 fully saturated rings. The Bertz CT molecular complexity index is 641. The van der Waals surface area contributed by atoms with Crippen molar-refractivity contribution in [1.82, 2.24) is 9.80 Å². The van der Waals surface area contributed by atoms with Crippen molar-refractivity contribution in [1.29, 1.82) is 0 Å². The summed E-state index contributed by atoms with van der Waals surface area (Å²) in [5, 5.41) is 0. The number of hydrogen-bond acceptors (Lipinski definition) is 5. The molecule has 7 heteroatoms. The van der Waals surface area contributed by atoms with Crippen LogP contribution in [0.4, 0.5) is 0 Å². The van der Waals surface area contributed by atoms with E-state index in [-0.39, 0.29) is 12.5 Å². The summed E-state index contributed by atoms with van der Waals surface area (Å²) in [5.74, 6) is 1.02. The number of benzene rings is 1. The first kappa shape index (κ1) is 19.6. The lowest BCUT2D eigenvalue weighted by Crippen LogP contribution is -2.47. The maximum absolute atomic E-state index is 12.2. The summed E-state index contributed by atoms with van der Waals surface area (Å²) in [4.78, 5) is 27.6. The molecule has 0 spiro atoms. The number of likely N-dealkylation sites (tertiary alicyclic amines) is 1. The van der Waals surface area contributed by atoms with Gasteiger partial charge in [-0.2, -0.15) is 0 Å². The van der Waals surface area contributed by atoms with Crippen LogP contribution in [0.15, 0.2) is 24.3 Å². The second kappa shape index (κ2) is 9.19. The molecule has 148 valence electrons. The number of ether oxygens (including phenoxy) is 2. The molecule has 0 bridgehead atoms. The van der Waals surface area contributed by atoms with Gasteiger partial charge in [-0.25, -0.2) is 0 Å². The fourth-order valence-electron chi connectivity index (χ4n) is 3.46. The largest absolute Gasteiger partial charge is 0.484 e. The van der Waals surface area contributed by atoms with E-state index in [1.165, 1.54) is 0 Å². The zero-order valence-corrected chi connectivity index (χ0v) is 15.9. The number of carbonyl (C=O) groups is 2. The molecule has 2 saturated heterocycles. The minimum Gasteiger partial charge on any atom is -0.484 e. The first-order chi connectivity index (χ1) is 13.0. The monoisotopic (exact) mass is 375 g/mol. The Labute approximate surface area is 160 Å². The molecule has 1 aromatic rings. The Hall–Kier alpha value is -2.12. The van der Waals surface area contributed by atoms with Crippen LogP contribution in [0.2, 0.25) is 0 Å². The zero-order valence-electron chi connectivity index (χ0n) is 15.9. The molecule has 2 heterocycles. The number of morpholine rings is 1. The van der Waals surface area contributed by atoms with Gasteiger partial charge in [0.05, 0.1) is 6.61 Å². The number of primary amides is 1. The van der Waals surface area contributed by atoms with Crippen LogP contribution in [-0.4, -0.2) is 67.1 Å². The highest BCUT2D eigenvalue weighted by molar-refractivity contribution is 5.79. The third-order valence-corrected chi connectivity index (χ3v) is 5.30. The summed E-state index contributed by atoms with van der Waals surface area (Å²) in [7, 11) is 0. The Morgan fingerprint density at radius 1 is 1.19 bits per heavy atom. The molecule has 2 N–H and O–H groups in total. The quantitative estimate of drug-likeness (QED) is 0.802. The number of nitrogens with two attached hydrogens (primary N) is 1. The van der Waals surface area contributed by atoms with Crippen molar-refractivity contribution in [3.05, 3.63) is 29.8 Å². The fraction of sp³-hybridized carbons (Fsp3) is 0.600. The van der Waals surface area contributed by atoms with Gasteiger partial charge >= 0.3 is 0 Å². The lowest BCUT2D eigenvalue weighted by Gasteiger charge is -2.31. The molecule has 0 aliphatic carbocycles. The minimum absolute atomic E-state index is 0.0526. The molecule has 1 aromatic carbocycles. The van der Waals surface area contributed by atoms with E-state index < -0.39 is 12.0 Å². The summed E-state index contributed by atoms with van der Waals surface area (Å²) in [6.07, 6.45) is 1.60. The average molecular weight is 375 g/mol. The van der Waals surface area contributed by atoms with E-state index in [2.05, 4.69) is 11.8 Å². The molecule has 3 rings (SSSR count). The second-order valence-electron chi connectivity index (χ2n) is 7.49. The van der Waals surface area contributed by atoms with E-state index in [4.69, 9.17) is 15.2 Å². The van der Waals surface area contributed by atoms with Gasteiger partial charge in [-0.1, -0.05) is 19.1 Å². The van der Waals surface area contributed by atoms with Crippen LogP contribution in [0.25, 0.3) is 0 Å². The van der Waals surface area contributed by atoms with E-state index in [9.17, 15) is 9.59 Å². The number of hydrogen-bond donors (Lipinski definition) is 1. The Kier molecular flexibility index (Phi) is 6.68. The molecule has 2 amide bonds. The molecule has 2 aliphatic heterocycles. The van der Waals surface area contributed by atoms with Crippen LogP contribution in [0.3, 0.4) is 0 Å². The average Bonchev–Trinajstić information content (AvgIpc) is 2.68. The molecule has 27 heavy (non-hydrogen) atoms. The highest BCUT2D eigenvalue weighted by Crippen LogP contribution is 2.18. The predicted molar refractivity (Wildman–Crippen MR) is 101 cm³/mol. The van der Waals surface area contributed by atoms with Crippen LogP contribution in [-0.2, 0) is 20.9 Å². The number of nitrogens with zero attached hydrogens (tertiary/aromatic N) is 2. The van der Waals surface area contributed by atoms with Crippen molar-refractivity contribution in [3.63, 3.8) is 0 Å². The lowest BCUT2D eigenvalue weighted by molar-refractivity contribution is -0.135. The Balaban J connectivity index is 1.44. The number of piperidine rings is 1. The molecule has 2 aliphatic rings. The van der Waals surface area contributed by atoms with Crippen LogP contribution < -0.4 is 10.5 Å². The smallest absolute Gasteiger partial charge is 0.260 e. The van der Waals surface area contributed by atoms with Crippen LogP contribution in [0.5, 0.6) is 5.75 Å². The van der Waals surface area contributed by atoms with Crippen molar-refractivity contribution < 1.29 is 19.1 Å². The normalized spacial score (nSPS) is 21.8. The van der Waals surface area contributed by atoms with Crippen molar-refractivity contribution in [3.8, 4) is 5.75 Å². The van der Waals surface area contributed by atoms with Gasteiger partial charge in [-0.05, 0) is 36.5 Å². The summed E-state index contributed by atoms with van der Waals surface area (Å²) < 4.78 is 11.0. The van der Waals surface area contributed by atoms with Gasteiger partial charge < -0.3 is 20.1 Å². The number of carbonyl (C=O) groups excluding carboxylic acids is 2. The highest BCUT2D eigenvalue weighted by Gasteiger charge is 2.24. The summed E-state index contributed by atoms with van der Waals surface area (Å²) in [6, 6.07) is 7.73. The molecule has 0 radical (unpaired) electrons. The molecular formula is C20H29N3O4. The van der Waals surface area contributed by atoms with E-state index in [1.54, 1.807) is 0 Å². The van der Waals surface area contributed by atoms with Gasteiger partial charge in [0.2, 0.25) is 5.91 Å². The van der Waals surface area contributed by atoms with E-state index in [0.29, 0.717) is 24.8 Å². The molecular weight excluding hydrogens is 346 g/mol. The molecule has 0 aromatic heterocycles. The molecule has 7 nitrogen and oxygen atoms in total. The Morgan fingerprint density at radius 2 is 1.89 bits per heavy atom. The molecule has 1 atom stereocenters. The van der Waals surface area contributed by atoms with Crippen molar-refractivity contribution >= 4 is 11.8 Å². The maximum atomic E-state index is 12.2. The summed E-state index contributed by atoms with van der Waals surface area (Å²) in [5.41, 5.74) is 6.44. The summed E-state index contributed by atoms with van der Waals surface area (Å²) in [6.45, 7) is 6.47. The van der Waals surface area contributed by atoms with Gasteiger partial charge in [0.25, 0.3) is 5.91 Å². The molecule has 0 saturated carbocycles. The van der Waals surface area contributed by atoms with Gasteiger partial charge in [-0.3, -0.25) is 14.5 Å². The molecule has 0 unspecified atom stereocenters. The van der Waals surface area contributed by atoms with Gasteiger partial charge in [0.15, 0.2) is 6.61 Å². The first-order valence-corrected chi connectivity index (χ1v) is 9.64. The van der Waals surface area contributed by atoms with Crippen LogP contribution in [0, 0.1) is 5.92 Å². The van der Waals surface area contributed by atoms with E-state index in [1.807, 2.05) is 29.2 Å². The van der Waals surface area contributed by atoms with Crippen molar-refractivity contribution in [2.24, 2.45) is 11.7 Å². The first-order valence-electron chi connectivity index (χ1n) is 9.64. The van der Waals surface area contributed by atoms with E-state index in [0.717, 1.165) is 44.6 Å². The Morgan fingerprint density at radius 3 is 2.56 bits per heavy atom. The van der Waals surface area contributed by atoms with Crippen molar-refractivity contribution in [2.75, 3.05) is 39.4 Å².